The number of nitrogens with zero attached hydrogens (tertiary/aromatic N) is 2. The van der Waals surface area contributed by atoms with Crippen LogP contribution in [0, 0.1) is 0 Å². The van der Waals surface area contributed by atoms with Crippen molar-refractivity contribution < 1.29 is 22.7 Å². The molecule has 1 aliphatic rings. The summed E-state index contributed by atoms with van der Waals surface area (Å²) in [6, 6.07) is 12.5. The maximum atomic E-state index is 13.0. The molecule has 0 spiro atoms. The van der Waals surface area contributed by atoms with Crippen LogP contribution in [-0.4, -0.2) is 70.0 Å². The van der Waals surface area contributed by atoms with Gasteiger partial charge in [0.1, 0.15) is 5.75 Å². The van der Waals surface area contributed by atoms with Crippen molar-refractivity contribution in [3.63, 3.8) is 0 Å². The van der Waals surface area contributed by atoms with E-state index in [1.807, 2.05) is 12.1 Å². The number of benzene rings is 2. The van der Waals surface area contributed by atoms with E-state index in [9.17, 15) is 13.2 Å². The zero-order valence-corrected chi connectivity index (χ0v) is 20.4. The third-order valence-corrected chi connectivity index (χ3v) is 7.69. The summed E-state index contributed by atoms with van der Waals surface area (Å²) in [7, 11) is -2.26. The topological polar surface area (TPSA) is 88.2 Å². The van der Waals surface area contributed by atoms with E-state index in [4.69, 9.17) is 9.47 Å². The standard InChI is InChI=1S/C24H33N3O5S/c1-4-26(5-2)18-20-8-6-19(7-9-20)17-25-24(28)22-16-21(10-11-23(22)31-3)33(29,30)27-12-14-32-15-13-27/h6-11,16H,4-5,12-15,17-18H2,1-3H3,(H,25,28). The molecule has 3 rings (SSSR count). The van der Waals surface area contributed by atoms with Gasteiger partial charge in [0.25, 0.3) is 5.91 Å². The van der Waals surface area contributed by atoms with Crippen LogP contribution in [0.15, 0.2) is 47.4 Å². The SMILES string of the molecule is CCN(CC)Cc1ccc(CNC(=O)c2cc(S(=O)(=O)N3CCOCC3)ccc2OC)cc1. The van der Waals surface area contributed by atoms with Gasteiger partial charge in [-0.3, -0.25) is 9.69 Å². The minimum absolute atomic E-state index is 0.0658. The summed E-state index contributed by atoms with van der Waals surface area (Å²) in [5, 5.41) is 2.87. The first-order valence-electron chi connectivity index (χ1n) is 11.2. The highest BCUT2D eigenvalue weighted by Crippen LogP contribution is 2.25. The van der Waals surface area contributed by atoms with Crippen molar-refractivity contribution in [2.24, 2.45) is 0 Å². The first kappa shape index (κ1) is 25.2. The number of methoxy groups -OCH3 is 1. The van der Waals surface area contributed by atoms with Crippen molar-refractivity contribution in [1.29, 1.82) is 0 Å². The fourth-order valence-corrected chi connectivity index (χ4v) is 5.14. The molecule has 1 fully saturated rings. The first-order valence-corrected chi connectivity index (χ1v) is 12.7. The summed E-state index contributed by atoms with van der Waals surface area (Å²) in [6.07, 6.45) is 0. The van der Waals surface area contributed by atoms with Crippen molar-refractivity contribution in [3.8, 4) is 5.75 Å². The Morgan fingerprint density at radius 3 is 2.30 bits per heavy atom. The molecule has 0 radical (unpaired) electrons. The summed E-state index contributed by atoms with van der Waals surface area (Å²) in [5.74, 6) is -0.0684. The lowest BCUT2D eigenvalue weighted by molar-refractivity contribution is 0.0730. The van der Waals surface area contributed by atoms with Crippen LogP contribution in [0.3, 0.4) is 0 Å². The van der Waals surface area contributed by atoms with E-state index in [0.717, 1.165) is 25.2 Å². The second kappa shape index (κ2) is 11.6. The quantitative estimate of drug-likeness (QED) is 0.568. The highest BCUT2D eigenvalue weighted by molar-refractivity contribution is 7.89. The molecule has 1 aliphatic heterocycles. The van der Waals surface area contributed by atoms with Crippen molar-refractivity contribution >= 4 is 15.9 Å². The Morgan fingerprint density at radius 2 is 1.70 bits per heavy atom. The van der Waals surface area contributed by atoms with Crippen molar-refractivity contribution in [3.05, 3.63) is 59.2 Å². The molecule has 0 aliphatic carbocycles. The normalized spacial score (nSPS) is 14.9. The Bertz CT molecular complexity index is 1030. The lowest BCUT2D eigenvalue weighted by Crippen LogP contribution is -2.40. The number of rotatable bonds is 10. The highest BCUT2D eigenvalue weighted by Gasteiger charge is 2.28. The van der Waals surface area contributed by atoms with Gasteiger partial charge in [-0.25, -0.2) is 8.42 Å². The van der Waals surface area contributed by atoms with Crippen LogP contribution in [0.4, 0.5) is 0 Å². The summed E-state index contributed by atoms with van der Waals surface area (Å²) >= 11 is 0. The maximum absolute atomic E-state index is 13.0. The fourth-order valence-electron chi connectivity index (χ4n) is 3.71. The third-order valence-electron chi connectivity index (χ3n) is 5.80. The van der Waals surface area contributed by atoms with E-state index in [-0.39, 0.29) is 10.5 Å². The van der Waals surface area contributed by atoms with E-state index in [2.05, 4.69) is 36.2 Å². The summed E-state index contributed by atoms with van der Waals surface area (Å²) < 4.78 is 37.9. The molecule has 180 valence electrons. The van der Waals surface area contributed by atoms with E-state index in [1.54, 1.807) is 0 Å². The zero-order valence-electron chi connectivity index (χ0n) is 19.5. The Kier molecular flexibility index (Phi) is 8.85. The van der Waals surface area contributed by atoms with E-state index < -0.39 is 15.9 Å². The summed E-state index contributed by atoms with van der Waals surface area (Å²) in [5.41, 5.74) is 2.36. The molecule has 0 saturated carbocycles. The largest absolute Gasteiger partial charge is 0.496 e. The van der Waals surface area contributed by atoms with Gasteiger partial charge in [0.2, 0.25) is 10.0 Å². The molecule has 8 nitrogen and oxygen atoms in total. The Balaban J connectivity index is 1.70. The van der Waals surface area contributed by atoms with Crippen LogP contribution < -0.4 is 10.1 Å². The molecule has 1 amide bonds. The van der Waals surface area contributed by atoms with Gasteiger partial charge in [0.15, 0.2) is 0 Å². The number of morpholine rings is 1. The van der Waals surface area contributed by atoms with Gasteiger partial charge in [0, 0.05) is 26.2 Å². The van der Waals surface area contributed by atoms with Crippen LogP contribution in [0.25, 0.3) is 0 Å². The average Bonchev–Trinajstić information content (AvgIpc) is 2.86. The maximum Gasteiger partial charge on any atom is 0.255 e. The smallest absolute Gasteiger partial charge is 0.255 e. The Hall–Kier alpha value is -2.46. The monoisotopic (exact) mass is 475 g/mol. The number of nitrogens with one attached hydrogen (secondary N) is 1. The predicted octanol–water partition coefficient (Wildman–Crippen LogP) is 2.49. The predicted molar refractivity (Wildman–Crippen MR) is 127 cm³/mol. The number of sulfonamides is 1. The Labute approximate surface area is 196 Å². The molecule has 2 aromatic rings. The van der Waals surface area contributed by atoms with Gasteiger partial charge >= 0.3 is 0 Å². The van der Waals surface area contributed by atoms with Gasteiger partial charge < -0.3 is 14.8 Å². The van der Waals surface area contributed by atoms with Gasteiger partial charge in [0.05, 0.1) is 30.8 Å². The number of hydrogen-bond acceptors (Lipinski definition) is 6. The van der Waals surface area contributed by atoms with Gasteiger partial charge in [-0.05, 0) is 42.4 Å². The number of carbonyl (C=O) groups excluding carboxylic acids is 1. The van der Waals surface area contributed by atoms with E-state index >= 15 is 0 Å². The van der Waals surface area contributed by atoms with Crippen LogP contribution in [-0.2, 0) is 27.8 Å². The van der Waals surface area contributed by atoms with Crippen LogP contribution >= 0.6 is 0 Å². The summed E-state index contributed by atoms with van der Waals surface area (Å²) in [4.78, 5) is 15.3. The van der Waals surface area contributed by atoms with E-state index in [1.165, 1.54) is 35.2 Å². The molecule has 0 bridgehead atoms. The zero-order chi connectivity index (χ0) is 23.8. The molecule has 9 heteroatoms. The van der Waals surface area contributed by atoms with Crippen LogP contribution in [0.5, 0.6) is 5.75 Å². The van der Waals surface area contributed by atoms with Crippen molar-refractivity contribution in [2.45, 2.75) is 31.8 Å². The number of hydrogen-bond donors (Lipinski definition) is 1. The first-order chi connectivity index (χ1) is 15.9. The number of ether oxygens (including phenoxy) is 2. The molecule has 1 heterocycles. The second-order valence-electron chi connectivity index (χ2n) is 7.84. The molecular formula is C24H33N3O5S. The summed E-state index contributed by atoms with van der Waals surface area (Å²) in [6.45, 7) is 8.79. The molecular weight excluding hydrogens is 442 g/mol. The molecule has 0 aromatic heterocycles. The highest BCUT2D eigenvalue weighted by atomic mass is 32.2. The third kappa shape index (κ3) is 6.32. The van der Waals surface area contributed by atoms with Crippen LogP contribution in [0.2, 0.25) is 0 Å². The minimum Gasteiger partial charge on any atom is -0.496 e. The Morgan fingerprint density at radius 1 is 1.06 bits per heavy atom. The molecule has 2 aromatic carbocycles. The molecule has 33 heavy (non-hydrogen) atoms. The van der Waals surface area contributed by atoms with Crippen LogP contribution in [0.1, 0.15) is 35.3 Å². The fraction of sp³-hybridized carbons (Fsp3) is 0.458. The van der Waals surface area contributed by atoms with Crippen molar-refractivity contribution in [2.75, 3.05) is 46.5 Å². The number of carbonyl (C=O) groups is 1. The minimum atomic E-state index is -3.72. The van der Waals surface area contributed by atoms with Gasteiger partial charge in [-0.1, -0.05) is 38.1 Å². The van der Waals surface area contributed by atoms with Crippen molar-refractivity contribution in [1.82, 2.24) is 14.5 Å². The molecule has 1 N–H and O–H groups in total. The number of amides is 1. The lowest BCUT2D eigenvalue weighted by Gasteiger charge is -2.26. The van der Waals surface area contributed by atoms with E-state index in [0.29, 0.717) is 38.6 Å². The molecule has 0 unspecified atom stereocenters. The lowest BCUT2D eigenvalue weighted by atomic mass is 10.1. The molecule has 0 atom stereocenters. The molecule has 1 saturated heterocycles. The van der Waals surface area contributed by atoms with Gasteiger partial charge in [-0.15, -0.1) is 0 Å². The second-order valence-corrected chi connectivity index (χ2v) is 9.78. The van der Waals surface area contributed by atoms with Gasteiger partial charge in [-0.2, -0.15) is 4.31 Å². The average molecular weight is 476 g/mol.